The van der Waals surface area contributed by atoms with Gasteiger partial charge in [-0.1, -0.05) is 53.7 Å². The Morgan fingerprint density at radius 1 is 1.21 bits per heavy atom. The average molecular weight is 324 g/mol. The molecule has 0 heterocycles. The molecular formula is C16H22BrNO. The fourth-order valence-corrected chi connectivity index (χ4v) is 3.18. The number of anilines is 1. The molecule has 1 saturated carbocycles. The molecule has 19 heavy (non-hydrogen) atoms. The molecule has 0 aliphatic heterocycles. The van der Waals surface area contributed by atoms with Crippen LogP contribution in [-0.2, 0) is 11.2 Å². The number of carbonyl (C=O) groups is 1. The third kappa shape index (κ3) is 4.98. The highest BCUT2D eigenvalue weighted by molar-refractivity contribution is 9.09. The molecule has 1 aliphatic rings. The first-order valence-corrected chi connectivity index (χ1v) is 8.35. The minimum atomic E-state index is 0.153. The molecule has 1 amide bonds. The van der Waals surface area contributed by atoms with Crippen molar-refractivity contribution in [3.05, 3.63) is 29.8 Å². The second-order valence-electron chi connectivity index (χ2n) is 5.37. The highest BCUT2D eigenvalue weighted by atomic mass is 79.9. The minimum Gasteiger partial charge on any atom is -0.326 e. The summed E-state index contributed by atoms with van der Waals surface area (Å²) in [5.74, 6) is 0.937. The van der Waals surface area contributed by atoms with E-state index in [0.717, 1.165) is 29.8 Å². The maximum atomic E-state index is 11.9. The molecular weight excluding hydrogens is 302 g/mol. The predicted octanol–water partition coefficient (Wildman–Crippen LogP) is 4.53. The Morgan fingerprint density at radius 3 is 2.53 bits per heavy atom. The van der Waals surface area contributed by atoms with E-state index in [4.69, 9.17) is 0 Å². The number of hydrogen-bond acceptors (Lipinski definition) is 1. The van der Waals surface area contributed by atoms with E-state index in [9.17, 15) is 4.79 Å². The zero-order chi connectivity index (χ0) is 13.5. The summed E-state index contributed by atoms with van der Waals surface area (Å²) in [6.45, 7) is 0. The second kappa shape index (κ2) is 7.68. The van der Waals surface area contributed by atoms with E-state index in [-0.39, 0.29) is 5.91 Å². The normalized spacial score (nSPS) is 15.6. The van der Waals surface area contributed by atoms with Gasteiger partial charge in [-0.15, -0.1) is 0 Å². The van der Waals surface area contributed by atoms with Crippen LogP contribution in [0.15, 0.2) is 24.3 Å². The van der Waals surface area contributed by atoms with Gasteiger partial charge in [0.25, 0.3) is 0 Å². The smallest absolute Gasteiger partial charge is 0.224 e. The Hall–Kier alpha value is -0.830. The Kier molecular flexibility index (Phi) is 5.90. The standard InChI is InChI=1S/C16H22BrNO/c17-12-11-14-5-8-15(9-6-14)18-16(19)10-7-13-3-1-2-4-13/h5-6,8-9,13H,1-4,7,10-12H2,(H,18,19). The third-order valence-electron chi connectivity index (χ3n) is 3.88. The van der Waals surface area contributed by atoms with Gasteiger partial charge in [0.2, 0.25) is 5.91 Å². The number of carbonyl (C=O) groups excluding carboxylic acids is 1. The fraction of sp³-hybridized carbons (Fsp3) is 0.562. The summed E-state index contributed by atoms with van der Waals surface area (Å²) < 4.78 is 0. The van der Waals surface area contributed by atoms with E-state index >= 15 is 0 Å². The van der Waals surface area contributed by atoms with Crippen LogP contribution in [0.5, 0.6) is 0 Å². The number of nitrogens with one attached hydrogen (secondary N) is 1. The van der Waals surface area contributed by atoms with Gasteiger partial charge >= 0.3 is 0 Å². The van der Waals surface area contributed by atoms with Crippen LogP contribution in [0.1, 0.15) is 44.1 Å². The molecule has 1 fully saturated rings. The summed E-state index contributed by atoms with van der Waals surface area (Å²) in [6.07, 6.45) is 8.06. The van der Waals surface area contributed by atoms with Crippen LogP contribution in [0.25, 0.3) is 0 Å². The lowest BCUT2D eigenvalue weighted by molar-refractivity contribution is -0.116. The molecule has 0 unspecified atom stereocenters. The summed E-state index contributed by atoms with van der Waals surface area (Å²) in [6, 6.07) is 8.14. The molecule has 0 saturated heterocycles. The van der Waals surface area contributed by atoms with Crippen molar-refractivity contribution in [2.75, 3.05) is 10.6 Å². The Labute approximate surface area is 124 Å². The molecule has 1 aromatic rings. The predicted molar refractivity (Wildman–Crippen MR) is 83.8 cm³/mol. The van der Waals surface area contributed by atoms with Gasteiger partial charge in [0, 0.05) is 17.4 Å². The highest BCUT2D eigenvalue weighted by Crippen LogP contribution is 2.28. The van der Waals surface area contributed by atoms with Gasteiger partial charge in [-0.2, -0.15) is 0 Å². The lowest BCUT2D eigenvalue weighted by Gasteiger charge is -2.09. The fourth-order valence-electron chi connectivity index (χ4n) is 2.72. The van der Waals surface area contributed by atoms with Crippen molar-refractivity contribution < 1.29 is 4.79 Å². The number of amides is 1. The van der Waals surface area contributed by atoms with E-state index in [1.54, 1.807) is 0 Å². The van der Waals surface area contributed by atoms with Crippen LogP contribution in [-0.4, -0.2) is 11.2 Å². The minimum absolute atomic E-state index is 0.153. The molecule has 2 rings (SSSR count). The Morgan fingerprint density at radius 2 is 1.89 bits per heavy atom. The summed E-state index contributed by atoms with van der Waals surface area (Å²) >= 11 is 3.43. The molecule has 0 aromatic heterocycles. The first-order valence-electron chi connectivity index (χ1n) is 7.22. The van der Waals surface area contributed by atoms with Crippen LogP contribution in [0.3, 0.4) is 0 Å². The van der Waals surface area contributed by atoms with Gasteiger partial charge in [0.05, 0.1) is 0 Å². The van der Waals surface area contributed by atoms with E-state index < -0.39 is 0 Å². The van der Waals surface area contributed by atoms with Crippen molar-refractivity contribution in [2.24, 2.45) is 5.92 Å². The average Bonchev–Trinajstić information content (AvgIpc) is 2.92. The van der Waals surface area contributed by atoms with Gasteiger partial charge < -0.3 is 5.32 Å². The van der Waals surface area contributed by atoms with Crippen LogP contribution in [0, 0.1) is 5.92 Å². The lowest BCUT2D eigenvalue weighted by atomic mass is 10.0. The summed E-state index contributed by atoms with van der Waals surface area (Å²) in [5.41, 5.74) is 2.20. The van der Waals surface area contributed by atoms with Crippen molar-refractivity contribution in [2.45, 2.75) is 44.9 Å². The summed E-state index contributed by atoms with van der Waals surface area (Å²) in [7, 11) is 0. The van der Waals surface area contributed by atoms with Crippen LogP contribution in [0.4, 0.5) is 5.69 Å². The Bertz CT molecular complexity index is 396. The molecule has 0 spiro atoms. The maximum absolute atomic E-state index is 11.9. The molecule has 1 N–H and O–H groups in total. The number of alkyl halides is 1. The monoisotopic (exact) mass is 323 g/mol. The third-order valence-corrected chi connectivity index (χ3v) is 4.27. The highest BCUT2D eigenvalue weighted by Gasteiger charge is 2.16. The number of halogens is 1. The van der Waals surface area contributed by atoms with Crippen molar-refractivity contribution in [1.29, 1.82) is 0 Å². The largest absolute Gasteiger partial charge is 0.326 e. The molecule has 0 bridgehead atoms. The maximum Gasteiger partial charge on any atom is 0.224 e. The SMILES string of the molecule is O=C(CCC1CCCC1)Nc1ccc(CCBr)cc1. The molecule has 3 heteroatoms. The van der Waals surface area contributed by atoms with Gasteiger partial charge in [0.1, 0.15) is 0 Å². The quantitative estimate of drug-likeness (QED) is 0.765. The lowest BCUT2D eigenvalue weighted by Crippen LogP contribution is -2.12. The van der Waals surface area contributed by atoms with E-state index in [2.05, 4.69) is 33.4 Å². The van der Waals surface area contributed by atoms with E-state index in [1.807, 2.05) is 12.1 Å². The van der Waals surface area contributed by atoms with Crippen LogP contribution in [0.2, 0.25) is 0 Å². The van der Waals surface area contributed by atoms with Crippen molar-refractivity contribution in [3.63, 3.8) is 0 Å². The molecule has 2 nitrogen and oxygen atoms in total. The van der Waals surface area contributed by atoms with Crippen LogP contribution >= 0.6 is 15.9 Å². The Balaban J connectivity index is 1.74. The molecule has 104 valence electrons. The molecule has 0 atom stereocenters. The molecule has 1 aliphatic carbocycles. The second-order valence-corrected chi connectivity index (χ2v) is 6.17. The number of benzene rings is 1. The van der Waals surface area contributed by atoms with Crippen LogP contribution < -0.4 is 5.32 Å². The van der Waals surface area contributed by atoms with Crippen molar-refractivity contribution >= 4 is 27.5 Å². The van der Waals surface area contributed by atoms with Crippen molar-refractivity contribution in [1.82, 2.24) is 0 Å². The number of rotatable bonds is 6. The summed E-state index contributed by atoms with van der Waals surface area (Å²) in [5, 5.41) is 3.96. The first kappa shape index (κ1) is 14.6. The van der Waals surface area contributed by atoms with Gasteiger partial charge in [-0.3, -0.25) is 4.79 Å². The van der Waals surface area contributed by atoms with Gasteiger partial charge in [-0.05, 0) is 36.5 Å². The van der Waals surface area contributed by atoms with Gasteiger partial charge in [0.15, 0.2) is 0 Å². The first-order chi connectivity index (χ1) is 9.28. The van der Waals surface area contributed by atoms with Crippen molar-refractivity contribution in [3.8, 4) is 0 Å². The zero-order valence-electron chi connectivity index (χ0n) is 11.3. The topological polar surface area (TPSA) is 29.1 Å². The van der Waals surface area contributed by atoms with Gasteiger partial charge in [-0.25, -0.2) is 0 Å². The molecule has 1 aromatic carbocycles. The zero-order valence-corrected chi connectivity index (χ0v) is 12.9. The van der Waals surface area contributed by atoms with E-state index in [0.29, 0.717) is 6.42 Å². The summed E-state index contributed by atoms with van der Waals surface area (Å²) in [4.78, 5) is 11.9. The molecule has 0 radical (unpaired) electrons. The number of aryl methyl sites for hydroxylation is 1. The van der Waals surface area contributed by atoms with E-state index in [1.165, 1.54) is 31.2 Å². The number of hydrogen-bond donors (Lipinski definition) is 1.